The van der Waals surface area contributed by atoms with E-state index in [1.165, 1.54) is 6.42 Å². The lowest BCUT2D eigenvalue weighted by Crippen LogP contribution is -2.07. The standard InChI is InChI=1S/C15H22ClN3O/c1-3-4-9-20-10-5-8-19-13(11-16)18-14-12(2)6-7-17-15(14)19/h6-7H,3-5,8-11H2,1-2H3. The maximum atomic E-state index is 5.99. The van der Waals surface area contributed by atoms with Crippen LogP contribution in [0, 0.1) is 6.92 Å². The molecule has 0 fully saturated rings. The predicted octanol–water partition coefficient (Wildman–Crippen LogP) is 3.69. The quantitative estimate of drug-likeness (QED) is 0.551. The molecule has 0 saturated heterocycles. The van der Waals surface area contributed by atoms with Gasteiger partial charge in [0.2, 0.25) is 0 Å². The molecule has 5 heteroatoms. The summed E-state index contributed by atoms with van der Waals surface area (Å²) in [7, 11) is 0. The lowest BCUT2D eigenvalue weighted by Gasteiger charge is -2.07. The van der Waals surface area contributed by atoms with Crippen LogP contribution in [0.2, 0.25) is 0 Å². The number of aryl methyl sites for hydroxylation is 2. The molecule has 0 unspecified atom stereocenters. The van der Waals surface area contributed by atoms with Gasteiger partial charge >= 0.3 is 0 Å². The Labute approximate surface area is 125 Å². The van der Waals surface area contributed by atoms with Crippen LogP contribution in [0.25, 0.3) is 11.2 Å². The van der Waals surface area contributed by atoms with Crippen molar-refractivity contribution >= 4 is 22.8 Å². The van der Waals surface area contributed by atoms with Crippen LogP contribution in [-0.2, 0) is 17.2 Å². The Bertz CT molecular complexity index is 553. The van der Waals surface area contributed by atoms with E-state index in [0.717, 1.165) is 55.2 Å². The third-order valence-electron chi connectivity index (χ3n) is 3.35. The van der Waals surface area contributed by atoms with Crippen molar-refractivity contribution in [3.05, 3.63) is 23.7 Å². The molecule has 2 heterocycles. The Kier molecular flexibility index (Phi) is 5.80. The van der Waals surface area contributed by atoms with Crippen LogP contribution in [0.1, 0.15) is 37.6 Å². The molecule has 2 aromatic rings. The van der Waals surface area contributed by atoms with Crippen LogP contribution in [0.15, 0.2) is 12.3 Å². The molecule has 0 aliphatic heterocycles. The highest BCUT2D eigenvalue weighted by Crippen LogP contribution is 2.19. The molecule has 2 rings (SSSR count). The second-order valence-corrected chi connectivity index (χ2v) is 5.20. The van der Waals surface area contributed by atoms with E-state index in [-0.39, 0.29) is 0 Å². The van der Waals surface area contributed by atoms with Crippen molar-refractivity contribution in [2.75, 3.05) is 13.2 Å². The Balaban J connectivity index is 2.03. The molecule has 0 N–H and O–H groups in total. The molecule has 4 nitrogen and oxygen atoms in total. The number of alkyl halides is 1. The number of ether oxygens (including phenoxy) is 1. The molecule has 20 heavy (non-hydrogen) atoms. The highest BCUT2D eigenvalue weighted by Gasteiger charge is 2.12. The van der Waals surface area contributed by atoms with Gasteiger partial charge in [0, 0.05) is 26.0 Å². The first-order valence-electron chi connectivity index (χ1n) is 7.22. The molecule has 0 amide bonds. The van der Waals surface area contributed by atoms with Gasteiger partial charge in [-0.3, -0.25) is 0 Å². The number of imidazole rings is 1. The highest BCUT2D eigenvalue weighted by atomic mass is 35.5. The van der Waals surface area contributed by atoms with Crippen molar-refractivity contribution in [1.29, 1.82) is 0 Å². The number of nitrogens with zero attached hydrogens (tertiary/aromatic N) is 3. The topological polar surface area (TPSA) is 39.9 Å². The maximum Gasteiger partial charge on any atom is 0.160 e. The molecule has 0 atom stereocenters. The van der Waals surface area contributed by atoms with Crippen molar-refractivity contribution < 1.29 is 4.74 Å². The Morgan fingerprint density at radius 2 is 2.10 bits per heavy atom. The van der Waals surface area contributed by atoms with E-state index >= 15 is 0 Å². The van der Waals surface area contributed by atoms with E-state index < -0.39 is 0 Å². The van der Waals surface area contributed by atoms with E-state index in [1.807, 2.05) is 19.2 Å². The fourth-order valence-corrected chi connectivity index (χ4v) is 2.40. The maximum absolute atomic E-state index is 5.99. The Morgan fingerprint density at radius 1 is 1.30 bits per heavy atom. The first-order chi connectivity index (χ1) is 9.77. The molecule has 0 bridgehead atoms. The van der Waals surface area contributed by atoms with Crippen LogP contribution in [0.5, 0.6) is 0 Å². The smallest absolute Gasteiger partial charge is 0.160 e. The molecular formula is C15H22ClN3O. The van der Waals surface area contributed by atoms with Gasteiger partial charge in [-0.2, -0.15) is 0 Å². The molecule has 0 aliphatic carbocycles. The number of hydrogen-bond acceptors (Lipinski definition) is 3. The number of halogens is 1. The van der Waals surface area contributed by atoms with E-state index in [9.17, 15) is 0 Å². The largest absolute Gasteiger partial charge is 0.381 e. The van der Waals surface area contributed by atoms with Gasteiger partial charge in [0.1, 0.15) is 11.3 Å². The van der Waals surface area contributed by atoms with Crippen molar-refractivity contribution in [2.45, 2.75) is 45.5 Å². The molecule has 0 saturated carbocycles. The van der Waals surface area contributed by atoms with Crippen LogP contribution in [0.3, 0.4) is 0 Å². The minimum absolute atomic E-state index is 0.409. The minimum Gasteiger partial charge on any atom is -0.381 e. The summed E-state index contributed by atoms with van der Waals surface area (Å²) in [6, 6.07) is 1.98. The van der Waals surface area contributed by atoms with Crippen LogP contribution in [0.4, 0.5) is 0 Å². The van der Waals surface area contributed by atoms with Gasteiger partial charge in [-0.1, -0.05) is 13.3 Å². The molecule has 110 valence electrons. The average Bonchev–Trinajstić information content (AvgIpc) is 2.82. The predicted molar refractivity (Wildman–Crippen MR) is 82.2 cm³/mol. The lowest BCUT2D eigenvalue weighted by molar-refractivity contribution is 0.126. The van der Waals surface area contributed by atoms with E-state index in [0.29, 0.717) is 5.88 Å². The summed E-state index contributed by atoms with van der Waals surface area (Å²) < 4.78 is 7.70. The fraction of sp³-hybridized carbons (Fsp3) is 0.600. The summed E-state index contributed by atoms with van der Waals surface area (Å²) in [4.78, 5) is 9.03. The molecule has 0 radical (unpaired) electrons. The highest BCUT2D eigenvalue weighted by molar-refractivity contribution is 6.16. The summed E-state index contributed by atoms with van der Waals surface area (Å²) in [6.45, 7) is 6.68. The zero-order valence-corrected chi connectivity index (χ0v) is 13.0. The first kappa shape index (κ1) is 15.3. The van der Waals surface area contributed by atoms with Gasteiger partial charge in [-0.05, 0) is 31.4 Å². The number of fused-ring (bicyclic) bond motifs is 1. The molecular weight excluding hydrogens is 274 g/mol. The second kappa shape index (κ2) is 7.60. The van der Waals surface area contributed by atoms with E-state index in [1.54, 1.807) is 0 Å². The molecule has 0 aliphatic rings. The lowest BCUT2D eigenvalue weighted by atomic mass is 10.3. The summed E-state index contributed by atoms with van der Waals surface area (Å²) in [5.74, 6) is 1.30. The summed E-state index contributed by atoms with van der Waals surface area (Å²) in [5, 5.41) is 0. The van der Waals surface area contributed by atoms with Crippen LogP contribution < -0.4 is 0 Å². The zero-order chi connectivity index (χ0) is 14.4. The van der Waals surface area contributed by atoms with Crippen molar-refractivity contribution in [3.8, 4) is 0 Å². The molecule has 0 spiro atoms. The zero-order valence-electron chi connectivity index (χ0n) is 12.2. The third kappa shape index (κ3) is 3.49. The fourth-order valence-electron chi connectivity index (χ4n) is 2.19. The normalized spacial score (nSPS) is 11.3. The number of pyridine rings is 1. The average molecular weight is 296 g/mol. The van der Waals surface area contributed by atoms with Crippen molar-refractivity contribution in [3.63, 3.8) is 0 Å². The monoisotopic (exact) mass is 295 g/mol. The minimum atomic E-state index is 0.409. The number of unbranched alkanes of at least 4 members (excludes halogenated alkanes) is 1. The Hall–Kier alpha value is -1.13. The van der Waals surface area contributed by atoms with Gasteiger partial charge in [-0.25, -0.2) is 9.97 Å². The SMILES string of the molecule is CCCCOCCCn1c(CCl)nc2c(C)ccnc21. The molecule has 0 aromatic carbocycles. The molecule has 2 aromatic heterocycles. The van der Waals surface area contributed by atoms with Gasteiger partial charge in [0.15, 0.2) is 5.65 Å². The summed E-state index contributed by atoms with van der Waals surface area (Å²) in [5.41, 5.74) is 3.02. The first-order valence-corrected chi connectivity index (χ1v) is 7.75. The van der Waals surface area contributed by atoms with Crippen LogP contribution >= 0.6 is 11.6 Å². The number of rotatable bonds is 8. The van der Waals surface area contributed by atoms with Crippen LogP contribution in [-0.4, -0.2) is 27.7 Å². The van der Waals surface area contributed by atoms with Gasteiger partial charge in [-0.15, -0.1) is 11.6 Å². The summed E-state index contributed by atoms with van der Waals surface area (Å²) in [6.07, 6.45) is 5.08. The van der Waals surface area contributed by atoms with Gasteiger partial charge in [0.25, 0.3) is 0 Å². The Morgan fingerprint density at radius 3 is 2.85 bits per heavy atom. The van der Waals surface area contributed by atoms with Gasteiger partial charge < -0.3 is 9.30 Å². The number of hydrogen-bond donors (Lipinski definition) is 0. The van der Waals surface area contributed by atoms with Crippen molar-refractivity contribution in [2.24, 2.45) is 0 Å². The third-order valence-corrected chi connectivity index (χ3v) is 3.59. The van der Waals surface area contributed by atoms with E-state index in [4.69, 9.17) is 16.3 Å². The van der Waals surface area contributed by atoms with Gasteiger partial charge in [0.05, 0.1) is 5.88 Å². The van der Waals surface area contributed by atoms with Crippen molar-refractivity contribution in [1.82, 2.24) is 14.5 Å². The second-order valence-electron chi connectivity index (χ2n) is 4.93. The summed E-state index contributed by atoms with van der Waals surface area (Å²) >= 11 is 5.99. The number of aromatic nitrogens is 3. The van der Waals surface area contributed by atoms with E-state index in [2.05, 4.69) is 21.5 Å².